The highest BCUT2D eigenvalue weighted by Crippen LogP contribution is 2.53. The molecule has 0 aliphatic carbocycles. The molecule has 0 aromatic carbocycles. The Morgan fingerprint density at radius 2 is 1.71 bits per heavy atom. The van der Waals surface area contributed by atoms with Crippen LogP contribution in [0, 0.1) is 6.57 Å². The third-order valence-corrected chi connectivity index (χ3v) is 8.25. The van der Waals surface area contributed by atoms with Crippen molar-refractivity contribution in [1.82, 2.24) is 10.2 Å². The van der Waals surface area contributed by atoms with Gasteiger partial charge in [0.25, 0.3) is 5.17 Å². The second kappa shape index (κ2) is 14.3. The molecule has 3 unspecified atom stereocenters. The van der Waals surface area contributed by atoms with E-state index >= 15 is 0 Å². The highest BCUT2D eigenvalue weighted by Gasteiger charge is 2.41. The number of thiocarbonyl (C=S) groups is 2. The summed E-state index contributed by atoms with van der Waals surface area (Å²) in [6, 6.07) is 0. The molecular formula is C20H34N3O7PS3. The Balaban J connectivity index is 2.00. The van der Waals surface area contributed by atoms with E-state index in [9.17, 15) is 0 Å². The number of rotatable bonds is 11. The van der Waals surface area contributed by atoms with E-state index in [4.69, 9.17) is 75.3 Å². The molecule has 0 saturated carbocycles. The molecule has 0 aromatic rings. The summed E-state index contributed by atoms with van der Waals surface area (Å²) < 4.78 is 41.0. The molecule has 2 rings (SSSR count). The lowest BCUT2D eigenvalue weighted by molar-refractivity contribution is -0.0370. The van der Waals surface area contributed by atoms with Crippen LogP contribution < -0.4 is 5.32 Å². The summed E-state index contributed by atoms with van der Waals surface area (Å²) >= 11 is 16.1. The van der Waals surface area contributed by atoms with Gasteiger partial charge in [-0.1, -0.05) is 0 Å². The molecule has 194 valence electrons. The molecule has 2 heterocycles. The van der Waals surface area contributed by atoms with E-state index in [-0.39, 0.29) is 56.0 Å². The van der Waals surface area contributed by atoms with Gasteiger partial charge in [-0.15, -0.1) is 0 Å². The molecule has 0 bridgehead atoms. The first-order chi connectivity index (χ1) is 16.1. The van der Waals surface area contributed by atoms with Crippen molar-refractivity contribution in [3.8, 4) is 0 Å². The van der Waals surface area contributed by atoms with Gasteiger partial charge in [-0.2, -0.15) is 0 Å². The normalized spacial score (nSPS) is 30.4. The molecule has 2 saturated heterocycles. The molecular weight excluding hydrogens is 521 g/mol. The molecule has 10 nitrogen and oxygen atoms in total. The first kappa shape index (κ1) is 29.7. The van der Waals surface area contributed by atoms with Crippen molar-refractivity contribution >= 4 is 53.2 Å². The molecule has 2 aliphatic heterocycles. The van der Waals surface area contributed by atoms with Crippen LogP contribution in [0.4, 0.5) is 0 Å². The summed E-state index contributed by atoms with van der Waals surface area (Å²) in [5.74, 6) is 0. The van der Waals surface area contributed by atoms with E-state index in [1.807, 2.05) is 13.8 Å². The molecule has 1 N–H and O–H groups in total. The summed E-state index contributed by atoms with van der Waals surface area (Å²) in [5, 5.41) is 3.41. The number of hydrogen-bond donors (Lipinski definition) is 1. The number of ether oxygens (including phenoxy) is 4. The first-order valence-electron chi connectivity index (χ1n) is 11.0. The second-order valence-corrected chi connectivity index (χ2v) is 12.0. The van der Waals surface area contributed by atoms with Crippen molar-refractivity contribution in [3.63, 3.8) is 0 Å². The van der Waals surface area contributed by atoms with Crippen molar-refractivity contribution in [2.24, 2.45) is 0 Å². The van der Waals surface area contributed by atoms with Crippen molar-refractivity contribution in [2.45, 2.75) is 63.3 Å². The molecule has 0 aromatic heterocycles. The fourth-order valence-corrected chi connectivity index (χ4v) is 5.96. The van der Waals surface area contributed by atoms with Gasteiger partial charge in [0, 0.05) is 34.0 Å². The topological polar surface area (TPSA) is 84.2 Å². The van der Waals surface area contributed by atoms with Crippen molar-refractivity contribution in [1.29, 1.82) is 0 Å². The number of nitrogens with zero attached hydrogens (tertiary/aromatic N) is 2. The van der Waals surface area contributed by atoms with E-state index in [1.54, 1.807) is 26.1 Å². The summed E-state index contributed by atoms with van der Waals surface area (Å²) in [5.41, 5.74) is 0. The summed E-state index contributed by atoms with van der Waals surface area (Å²) in [7, 11) is 5.25. The third-order valence-electron chi connectivity index (χ3n) is 5.18. The van der Waals surface area contributed by atoms with Gasteiger partial charge in [-0.05, 0) is 50.1 Å². The third kappa shape index (κ3) is 9.50. The lowest BCUT2D eigenvalue weighted by Crippen LogP contribution is -2.40. The molecule has 0 amide bonds. The molecule has 2 aliphatic rings. The minimum atomic E-state index is -3.21. The van der Waals surface area contributed by atoms with E-state index in [1.165, 1.54) is 0 Å². The average molecular weight is 556 g/mol. The van der Waals surface area contributed by atoms with Crippen LogP contribution in [-0.4, -0.2) is 99.4 Å². The quantitative estimate of drug-likeness (QED) is 0.176. The van der Waals surface area contributed by atoms with Crippen LogP contribution in [0.5, 0.6) is 0 Å². The van der Waals surface area contributed by atoms with Gasteiger partial charge >= 0.3 is 6.72 Å². The number of methoxy groups -OCH3 is 1. The maximum atomic E-state index is 7.01. The van der Waals surface area contributed by atoms with Crippen molar-refractivity contribution in [2.75, 3.05) is 47.6 Å². The highest BCUT2D eigenvalue weighted by molar-refractivity contribution is 8.07. The molecule has 0 spiro atoms. The SMILES string of the molecule is [C-]#[N+]CCOP(=S)(OC[C@H]1O[C@@H](C)CC1OC)OC1C[C@H](C)O[C@@H]1COC(=S)NC(=S)N(C)C. The van der Waals surface area contributed by atoms with E-state index in [0.717, 1.165) is 6.42 Å². The van der Waals surface area contributed by atoms with Crippen LogP contribution in [0.3, 0.4) is 0 Å². The number of nitrogens with one attached hydrogen (secondary N) is 1. The smallest absolute Gasteiger partial charge is 0.327 e. The van der Waals surface area contributed by atoms with Gasteiger partial charge < -0.3 is 42.3 Å². The van der Waals surface area contributed by atoms with Crippen LogP contribution >= 0.6 is 31.2 Å². The Bertz CT molecular complexity index is 785. The van der Waals surface area contributed by atoms with Gasteiger partial charge in [0.05, 0.1) is 31.0 Å². The molecule has 0 radical (unpaired) electrons. The molecule has 14 heteroatoms. The minimum absolute atomic E-state index is 0.0591. The fourth-order valence-electron chi connectivity index (χ4n) is 3.51. The summed E-state index contributed by atoms with van der Waals surface area (Å²) in [4.78, 5) is 5.03. The van der Waals surface area contributed by atoms with Crippen LogP contribution in [0.25, 0.3) is 4.85 Å². The minimum Gasteiger partial charge on any atom is -0.468 e. The van der Waals surface area contributed by atoms with Crippen molar-refractivity contribution in [3.05, 3.63) is 11.4 Å². The zero-order valence-electron chi connectivity index (χ0n) is 20.1. The lowest BCUT2D eigenvalue weighted by Gasteiger charge is -2.28. The Hall–Kier alpha value is -0.520. The Morgan fingerprint density at radius 3 is 2.29 bits per heavy atom. The van der Waals surface area contributed by atoms with Gasteiger partial charge in [-0.25, -0.2) is 6.57 Å². The predicted octanol–water partition coefficient (Wildman–Crippen LogP) is 2.66. The maximum absolute atomic E-state index is 7.01. The lowest BCUT2D eigenvalue weighted by atomic mass is 10.1. The van der Waals surface area contributed by atoms with Crippen LogP contribution in [0.2, 0.25) is 0 Å². The molecule has 7 atom stereocenters. The Kier molecular flexibility index (Phi) is 12.5. The van der Waals surface area contributed by atoms with Crippen LogP contribution in [0.15, 0.2) is 0 Å². The van der Waals surface area contributed by atoms with Gasteiger partial charge in [0.1, 0.15) is 25.4 Å². The van der Waals surface area contributed by atoms with Gasteiger partial charge in [0.2, 0.25) is 6.54 Å². The van der Waals surface area contributed by atoms with Crippen LogP contribution in [-0.2, 0) is 44.3 Å². The first-order valence-corrected chi connectivity index (χ1v) is 14.3. The number of hydrogen-bond acceptors (Lipinski definition) is 10. The van der Waals surface area contributed by atoms with E-state index < -0.39 is 18.9 Å². The predicted molar refractivity (Wildman–Crippen MR) is 139 cm³/mol. The largest absolute Gasteiger partial charge is 0.468 e. The van der Waals surface area contributed by atoms with E-state index in [0.29, 0.717) is 11.5 Å². The maximum Gasteiger partial charge on any atom is 0.327 e. The summed E-state index contributed by atoms with van der Waals surface area (Å²) in [6.45, 7) is 8.29. The monoisotopic (exact) mass is 555 g/mol. The standard InChI is InChI=1S/C20H34N3O7PS3/c1-13-9-15(24-6)18(29-13)12-27-31(34,26-8-7-21-3)30-16-10-14(2)28-17(16)11-25-20(33)22-19(32)23(4)5/h13-18H,7-12H2,1-2,4-6H3,(H,22,32,33)/t13-,14-,15?,16?,17+,18+,31?/m0/s1. The van der Waals surface area contributed by atoms with Crippen molar-refractivity contribution < 1.29 is 32.5 Å². The Labute approximate surface area is 217 Å². The average Bonchev–Trinajstić information content (AvgIpc) is 3.31. The zero-order valence-corrected chi connectivity index (χ0v) is 23.5. The zero-order chi connectivity index (χ0) is 25.3. The molecule has 34 heavy (non-hydrogen) atoms. The second-order valence-electron chi connectivity index (χ2n) is 8.24. The van der Waals surface area contributed by atoms with E-state index in [2.05, 4.69) is 10.2 Å². The highest BCUT2D eigenvalue weighted by atomic mass is 32.5. The summed E-state index contributed by atoms with van der Waals surface area (Å²) in [6.07, 6.45) is 0.0834. The van der Waals surface area contributed by atoms with Gasteiger partial charge in [-0.3, -0.25) is 5.32 Å². The molecule has 2 fully saturated rings. The fraction of sp³-hybridized carbons (Fsp3) is 0.850. The van der Waals surface area contributed by atoms with Gasteiger partial charge in [0.15, 0.2) is 5.11 Å². The Morgan fingerprint density at radius 1 is 1.09 bits per heavy atom. The van der Waals surface area contributed by atoms with Crippen LogP contribution in [0.1, 0.15) is 26.7 Å².